The van der Waals surface area contributed by atoms with E-state index in [4.69, 9.17) is 56.1 Å². The first kappa shape index (κ1) is 57.3. The fourth-order valence-electron chi connectivity index (χ4n) is 10.8. The number of fused-ring (bicyclic) bond motifs is 8. The summed E-state index contributed by atoms with van der Waals surface area (Å²) >= 11 is 0.668. The Kier molecular flexibility index (Phi) is 15.6. The summed E-state index contributed by atoms with van der Waals surface area (Å²) in [5, 5.41) is 1.95. The van der Waals surface area contributed by atoms with Crippen LogP contribution in [0.1, 0.15) is 58.4 Å². The molecule has 9 heterocycles. The van der Waals surface area contributed by atoms with Crippen molar-refractivity contribution in [1.29, 1.82) is 0 Å². The van der Waals surface area contributed by atoms with Crippen LogP contribution >= 0.6 is 25.7 Å². The van der Waals surface area contributed by atoms with E-state index in [1.165, 1.54) is 46.2 Å². The molecule has 0 bridgehead atoms. The number of esters is 1. The number of nitrogens with one attached hydrogen (secondary N) is 2. The van der Waals surface area contributed by atoms with Gasteiger partial charge in [0.2, 0.25) is 13.5 Å². The van der Waals surface area contributed by atoms with Gasteiger partial charge in [0, 0.05) is 29.5 Å². The lowest BCUT2D eigenvalue weighted by Gasteiger charge is -2.30. The van der Waals surface area contributed by atoms with Crippen LogP contribution in [0, 0.1) is 0 Å². The molecule has 1 amide bonds. The molecule has 0 spiro atoms. The number of aromatic nitrogens is 7. The maximum absolute atomic E-state index is 17.0. The summed E-state index contributed by atoms with van der Waals surface area (Å²) in [6, 6.07) is 30.1. The largest absolute Gasteiger partial charge is 0.492 e. The molecule has 3 saturated heterocycles. The van der Waals surface area contributed by atoms with Gasteiger partial charge in [-0.15, -0.1) is 5.53 Å². The normalized spacial score (nSPS) is 26.5. The van der Waals surface area contributed by atoms with Gasteiger partial charge in [0.25, 0.3) is 7.47 Å². The van der Waals surface area contributed by atoms with Gasteiger partial charge in [0.15, 0.2) is 41.9 Å². The third-order valence-electron chi connectivity index (χ3n) is 15.0. The number of alkyl halides is 2. The number of nitrogen functional groups attached to an aromatic ring is 2. The van der Waals surface area contributed by atoms with Gasteiger partial charge in [-0.25, -0.2) is 43.1 Å². The Balaban J connectivity index is 0.683. The Bertz CT molecular complexity index is 4040. The van der Waals surface area contributed by atoms with Crippen LogP contribution in [0.4, 0.5) is 26.0 Å². The number of anilines is 3. The third kappa shape index (κ3) is 11.1. The number of benzene rings is 4. The number of rotatable bonds is 12. The number of pyridine rings is 1. The molecule has 8 aromatic rings. The van der Waals surface area contributed by atoms with Crippen LogP contribution < -0.4 is 36.8 Å². The van der Waals surface area contributed by atoms with Crippen molar-refractivity contribution in [2.75, 3.05) is 42.7 Å². The van der Waals surface area contributed by atoms with E-state index in [-0.39, 0.29) is 63.4 Å². The molecule has 31 heteroatoms. The standard InChI is InChI=1S/C55H52BF2N13O12P2S/c1-2-41(72)68-23-32-7-3-4-8-35(32)44-47(36-9-5-6-10-38(36)68)71(67-66-44)21-22-76-33-17-13-31(14-18-33)55(73)79-34-15-11-30(12-16-34)26-86-85(75)78-25-40-48(42(57)53(81-40)70-29-65-46-50(60)62-27-63-52(46)70)82-84(56,74)77-24-39-49(83-85)43(58)54(80-39)69-28-64-45-37(59)19-20-61-51(45)69/h3-20,27-29,39-40,42-43,48-49,53-54,66-67H,2,21-26H2,1H3,(H2,59,61)(H2,60,62,63)/t39-,40-,42-,43-,48-,49-,53-,54-,84+,85+/m1/s1. The average Bonchev–Trinajstić information content (AvgIpc) is 2.70. The fraction of sp³-hybridized carbons (Fsp3) is 0.291. The second kappa shape index (κ2) is 23.5. The molecule has 13 rings (SSSR count). The minimum atomic E-state index is -4.72. The predicted octanol–water partition coefficient (Wildman–Crippen LogP) is 7.75. The van der Waals surface area contributed by atoms with Gasteiger partial charge in [-0.2, -0.15) is 0 Å². The van der Waals surface area contributed by atoms with Gasteiger partial charge in [-0.1, -0.05) is 61.5 Å². The van der Waals surface area contributed by atoms with Crippen LogP contribution in [0.15, 0.2) is 128 Å². The lowest BCUT2D eigenvalue weighted by Crippen LogP contribution is -2.40. The molecule has 0 saturated carbocycles. The summed E-state index contributed by atoms with van der Waals surface area (Å²) in [5.74, 6) is -0.0156. The number of nitrogens with two attached hydrogens (primary N) is 2. The van der Waals surface area contributed by atoms with E-state index in [1.807, 2.05) is 65.4 Å². The molecule has 86 heavy (non-hydrogen) atoms. The molecule has 0 aliphatic carbocycles. The van der Waals surface area contributed by atoms with E-state index in [9.17, 15) is 14.2 Å². The van der Waals surface area contributed by atoms with Crippen molar-refractivity contribution in [3.05, 3.63) is 156 Å². The lowest BCUT2D eigenvalue weighted by atomic mass is 9.96. The Labute approximate surface area is 493 Å². The van der Waals surface area contributed by atoms with E-state index in [0.29, 0.717) is 42.2 Å². The van der Waals surface area contributed by atoms with Gasteiger partial charge >= 0.3 is 12.8 Å². The number of para-hydroxylation sites is 1. The highest BCUT2D eigenvalue weighted by Crippen LogP contribution is 2.65. The number of hydrazine groups is 2. The number of halogens is 2. The van der Waals surface area contributed by atoms with Crippen molar-refractivity contribution >= 4 is 96.0 Å². The first-order valence-corrected chi connectivity index (χ1v) is 31.8. The van der Waals surface area contributed by atoms with Gasteiger partial charge in [-0.05, 0) is 71.0 Å². The number of ether oxygens (including phenoxy) is 4. The molecule has 5 aliphatic heterocycles. The topological polar surface area (TPSA) is 299 Å². The van der Waals surface area contributed by atoms with Gasteiger partial charge in [0.05, 0.1) is 67.3 Å². The zero-order valence-corrected chi connectivity index (χ0v) is 48.0. The van der Waals surface area contributed by atoms with Crippen molar-refractivity contribution in [2.24, 2.45) is 0 Å². The predicted molar refractivity (Wildman–Crippen MR) is 311 cm³/mol. The minimum Gasteiger partial charge on any atom is -0.492 e. The van der Waals surface area contributed by atoms with Crippen molar-refractivity contribution < 1.29 is 64.5 Å². The first-order chi connectivity index (χ1) is 41.6. The smallest absolute Gasteiger partial charge is 0.389 e. The SMILES string of the molecule is [B][P@]1(=O)OC[C@H]2O[C@@H](n3cnc4c(N)ccnc43)[C@H](F)[C@@H]2O[P@@](=O)(SCc2ccc(OC(=O)c3ccc(OCCN4NNC5=C4c4ccccc4N(C(=O)CC)Cc4ccccc45)cc3)cc2)OC[C@H]2O[C@@H](n3cnc4c(N)ncnc43)[C@H](F)[C@@H]2O1. The van der Waals surface area contributed by atoms with Crippen LogP contribution in [-0.2, 0) is 53.8 Å². The van der Waals surface area contributed by atoms with E-state index >= 15 is 13.3 Å². The summed E-state index contributed by atoms with van der Waals surface area (Å²) in [4.78, 5) is 49.5. The number of imidazole rings is 2. The van der Waals surface area contributed by atoms with Crippen molar-refractivity contribution in [3.8, 4) is 11.5 Å². The Hall–Kier alpha value is -7.82. The van der Waals surface area contributed by atoms with Gasteiger partial charge in [-0.3, -0.25) is 32.6 Å². The molecule has 442 valence electrons. The number of carbonyl (C=O) groups is 2. The maximum atomic E-state index is 17.0. The molecule has 0 unspecified atom stereocenters. The fourth-order valence-corrected chi connectivity index (χ4v) is 15.1. The molecule has 4 aromatic carbocycles. The Morgan fingerprint density at radius 1 is 0.779 bits per heavy atom. The van der Waals surface area contributed by atoms with Crippen LogP contribution in [0.2, 0.25) is 0 Å². The third-order valence-corrected chi connectivity index (χ3v) is 19.7. The van der Waals surface area contributed by atoms with Crippen LogP contribution in [0.5, 0.6) is 11.5 Å². The number of amides is 1. The minimum absolute atomic E-state index is 0.0101. The molecule has 6 N–H and O–H groups in total. The summed E-state index contributed by atoms with van der Waals surface area (Å²) in [6.45, 7) is -3.17. The maximum Gasteiger partial charge on any atom is 0.389 e. The van der Waals surface area contributed by atoms with Crippen molar-refractivity contribution in [1.82, 2.24) is 50.0 Å². The molecule has 4 aromatic heterocycles. The van der Waals surface area contributed by atoms with Gasteiger partial charge < -0.3 is 49.8 Å². The summed E-state index contributed by atoms with van der Waals surface area (Å²) in [7, 11) is 1.34. The zero-order chi connectivity index (χ0) is 59.4. The van der Waals surface area contributed by atoms with E-state index in [2.05, 4.69) is 35.9 Å². The van der Waals surface area contributed by atoms with Gasteiger partial charge in [0.1, 0.15) is 59.9 Å². The van der Waals surface area contributed by atoms with Crippen molar-refractivity contribution in [2.45, 2.75) is 74.9 Å². The molecule has 2 radical (unpaired) electrons. The molecule has 10 atom stereocenters. The monoisotopic (exact) mass is 1230 g/mol. The van der Waals surface area contributed by atoms with E-state index in [1.54, 1.807) is 36.4 Å². The van der Waals surface area contributed by atoms with Crippen LogP contribution in [-0.4, -0.2) is 122 Å². The average molecular weight is 1230 g/mol. The highest BCUT2D eigenvalue weighted by molar-refractivity contribution is 8.54. The second-order valence-electron chi connectivity index (χ2n) is 20.3. The molecular weight excluding hydrogens is 1180 g/mol. The number of hydrogen-bond donors (Lipinski definition) is 4. The summed E-state index contributed by atoms with van der Waals surface area (Å²) < 4.78 is 113. The quantitative estimate of drug-likeness (QED) is 0.0393. The van der Waals surface area contributed by atoms with E-state index < -0.39 is 82.7 Å². The Morgan fingerprint density at radius 3 is 2.19 bits per heavy atom. The van der Waals surface area contributed by atoms with E-state index in [0.717, 1.165) is 40.1 Å². The number of hydrogen-bond acceptors (Lipinski definition) is 23. The highest BCUT2D eigenvalue weighted by Gasteiger charge is 2.55. The molecule has 25 nitrogen and oxygen atoms in total. The molecule has 3 fully saturated rings. The zero-order valence-electron chi connectivity index (χ0n) is 45.4. The summed E-state index contributed by atoms with van der Waals surface area (Å²) in [5.41, 5.74) is 25.8. The number of nitrogens with zero attached hydrogens (tertiary/aromatic N) is 9. The second-order valence-corrected chi connectivity index (χ2v) is 25.9. The molecular formula is C55H52BF2N13O12P2S. The number of carbonyl (C=O) groups excluding carboxylic acids is 2. The summed E-state index contributed by atoms with van der Waals surface area (Å²) in [6.07, 6.45) is -8.42. The Morgan fingerprint density at radius 2 is 1.44 bits per heavy atom. The molecule has 5 aliphatic rings. The highest BCUT2D eigenvalue weighted by atomic mass is 32.7. The van der Waals surface area contributed by atoms with Crippen LogP contribution in [0.25, 0.3) is 33.7 Å². The van der Waals surface area contributed by atoms with Crippen molar-refractivity contribution in [3.63, 3.8) is 0 Å². The van der Waals surface area contributed by atoms with Crippen LogP contribution in [0.3, 0.4) is 0 Å². The first-order valence-electron chi connectivity index (χ1n) is 27.1. The lowest BCUT2D eigenvalue weighted by molar-refractivity contribution is -0.118.